The zero-order valence-corrected chi connectivity index (χ0v) is 18.5. The van der Waals surface area contributed by atoms with Crippen molar-refractivity contribution in [1.82, 2.24) is 9.55 Å². The van der Waals surface area contributed by atoms with Crippen LogP contribution in [0.3, 0.4) is 0 Å². The molecule has 1 heterocycles. The van der Waals surface area contributed by atoms with Crippen molar-refractivity contribution in [2.75, 3.05) is 6.61 Å². The van der Waals surface area contributed by atoms with Crippen LogP contribution >= 0.6 is 11.6 Å². The molecule has 0 bridgehead atoms. The Morgan fingerprint density at radius 3 is 2.32 bits per heavy atom. The van der Waals surface area contributed by atoms with Crippen LogP contribution in [0.15, 0.2) is 72.8 Å². The Hall–Kier alpha value is -2.98. The van der Waals surface area contributed by atoms with Crippen molar-refractivity contribution < 1.29 is 9.47 Å². The van der Waals surface area contributed by atoms with Gasteiger partial charge in [-0.15, -0.1) is 0 Å². The molecule has 0 aliphatic carbocycles. The summed E-state index contributed by atoms with van der Waals surface area (Å²) in [6.45, 7) is 4.14. The summed E-state index contributed by atoms with van der Waals surface area (Å²) in [5, 5.41) is 0.718. The second-order valence-corrected chi connectivity index (χ2v) is 7.90. The van der Waals surface area contributed by atoms with Gasteiger partial charge in [0.05, 0.1) is 17.6 Å². The molecular weight excluding hydrogens is 408 g/mol. The summed E-state index contributed by atoms with van der Waals surface area (Å²) in [4.78, 5) is 4.81. The highest BCUT2D eigenvalue weighted by Crippen LogP contribution is 2.20. The third kappa shape index (κ3) is 5.59. The van der Waals surface area contributed by atoms with Gasteiger partial charge >= 0.3 is 0 Å². The molecule has 4 aromatic rings. The number of ether oxygens (including phenoxy) is 2. The van der Waals surface area contributed by atoms with Gasteiger partial charge in [-0.1, -0.05) is 42.8 Å². The van der Waals surface area contributed by atoms with Crippen LogP contribution in [0.2, 0.25) is 5.02 Å². The summed E-state index contributed by atoms with van der Waals surface area (Å²) in [6, 6.07) is 24.0. The van der Waals surface area contributed by atoms with Gasteiger partial charge in [-0.05, 0) is 73.4 Å². The molecule has 0 spiro atoms. The van der Waals surface area contributed by atoms with E-state index < -0.39 is 0 Å². The first-order valence-electron chi connectivity index (χ1n) is 10.8. The molecule has 0 saturated carbocycles. The summed E-state index contributed by atoms with van der Waals surface area (Å²) in [6.07, 6.45) is 2.97. The number of fused-ring (bicyclic) bond motifs is 1. The predicted octanol–water partition coefficient (Wildman–Crippen LogP) is 6.69. The summed E-state index contributed by atoms with van der Waals surface area (Å²) < 4.78 is 14.1. The molecule has 4 nitrogen and oxygen atoms in total. The SMILES string of the molecule is CCc1ccc(OCc2nc3ccccc3n2CCCCOc2ccc(Cl)cc2)cc1. The van der Waals surface area contributed by atoms with Crippen molar-refractivity contribution in [2.24, 2.45) is 0 Å². The Bertz CT molecular complexity index is 1100. The number of aryl methyl sites for hydroxylation is 2. The molecule has 0 fully saturated rings. The van der Waals surface area contributed by atoms with E-state index in [2.05, 4.69) is 41.8 Å². The zero-order valence-electron chi connectivity index (χ0n) is 17.8. The topological polar surface area (TPSA) is 36.3 Å². The zero-order chi connectivity index (χ0) is 21.5. The highest BCUT2D eigenvalue weighted by Gasteiger charge is 2.11. The van der Waals surface area contributed by atoms with Gasteiger partial charge in [0.1, 0.15) is 23.9 Å². The van der Waals surface area contributed by atoms with E-state index in [4.69, 9.17) is 26.1 Å². The van der Waals surface area contributed by atoms with Crippen LogP contribution in [0.25, 0.3) is 11.0 Å². The number of hydrogen-bond acceptors (Lipinski definition) is 3. The molecule has 0 saturated heterocycles. The Morgan fingerprint density at radius 2 is 1.55 bits per heavy atom. The largest absolute Gasteiger partial charge is 0.494 e. The van der Waals surface area contributed by atoms with Crippen molar-refractivity contribution in [1.29, 1.82) is 0 Å². The lowest BCUT2D eigenvalue weighted by Gasteiger charge is -2.11. The lowest BCUT2D eigenvalue weighted by molar-refractivity contribution is 0.285. The number of halogens is 1. The molecule has 3 aromatic carbocycles. The Balaban J connectivity index is 1.36. The molecule has 5 heteroatoms. The molecule has 4 rings (SSSR count). The fourth-order valence-electron chi connectivity index (χ4n) is 3.55. The van der Waals surface area contributed by atoms with E-state index >= 15 is 0 Å². The number of rotatable bonds is 10. The van der Waals surface area contributed by atoms with Crippen LogP contribution < -0.4 is 9.47 Å². The second-order valence-electron chi connectivity index (χ2n) is 7.46. The Labute approximate surface area is 188 Å². The van der Waals surface area contributed by atoms with E-state index in [1.165, 1.54) is 5.56 Å². The third-order valence-electron chi connectivity index (χ3n) is 5.29. The van der Waals surface area contributed by atoms with Gasteiger partial charge < -0.3 is 14.0 Å². The minimum atomic E-state index is 0.446. The van der Waals surface area contributed by atoms with Crippen molar-refractivity contribution in [2.45, 2.75) is 39.3 Å². The predicted molar refractivity (Wildman–Crippen MR) is 126 cm³/mol. The number of aromatic nitrogens is 2. The minimum absolute atomic E-state index is 0.446. The van der Waals surface area contributed by atoms with Crippen LogP contribution in [0.1, 0.15) is 31.2 Å². The van der Waals surface area contributed by atoms with Crippen molar-refractivity contribution >= 4 is 22.6 Å². The van der Waals surface area contributed by atoms with Crippen LogP contribution in [-0.2, 0) is 19.6 Å². The summed E-state index contributed by atoms with van der Waals surface area (Å²) in [5.41, 5.74) is 3.45. The average molecular weight is 435 g/mol. The number of para-hydroxylation sites is 2. The van der Waals surface area contributed by atoms with Gasteiger partial charge in [0.15, 0.2) is 0 Å². The molecule has 0 radical (unpaired) electrons. The van der Waals surface area contributed by atoms with Gasteiger partial charge in [-0.25, -0.2) is 4.98 Å². The monoisotopic (exact) mass is 434 g/mol. The summed E-state index contributed by atoms with van der Waals surface area (Å²) in [5.74, 6) is 2.66. The summed E-state index contributed by atoms with van der Waals surface area (Å²) in [7, 11) is 0. The van der Waals surface area contributed by atoms with E-state index in [0.29, 0.717) is 13.2 Å². The first kappa shape index (κ1) is 21.3. The molecule has 0 atom stereocenters. The van der Waals surface area contributed by atoms with Crippen LogP contribution in [-0.4, -0.2) is 16.2 Å². The molecule has 0 unspecified atom stereocenters. The number of benzene rings is 3. The highest BCUT2D eigenvalue weighted by atomic mass is 35.5. The number of unbranched alkanes of at least 4 members (excludes halogenated alkanes) is 1. The average Bonchev–Trinajstić information content (AvgIpc) is 3.16. The lowest BCUT2D eigenvalue weighted by atomic mass is 10.2. The second kappa shape index (κ2) is 10.4. The number of hydrogen-bond donors (Lipinski definition) is 0. The van der Waals surface area contributed by atoms with Crippen molar-refractivity contribution in [3.63, 3.8) is 0 Å². The normalized spacial score (nSPS) is 11.0. The maximum atomic E-state index is 6.04. The standard InChI is InChI=1S/C26H27ClN2O2/c1-2-20-9-13-23(14-10-20)31-19-26-28-24-7-3-4-8-25(24)29(26)17-5-6-18-30-22-15-11-21(27)12-16-22/h3-4,7-16H,2,5-6,17-19H2,1H3. The Kier molecular flexibility index (Phi) is 7.11. The first-order valence-corrected chi connectivity index (χ1v) is 11.1. The number of nitrogens with zero attached hydrogens (tertiary/aromatic N) is 2. The molecule has 1 aromatic heterocycles. The summed E-state index contributed by atoms with van der Waals surface area (Å²) >= 11 is 5.92. The van der Waals surface area contributed by atoms with E-state index in [9.17, 15) is 0 Å². The Morgan fingerprint density at radius 1 is 0.839 bits per heavy atom. The minimum Gasteiger partial charge on any atom is -0.494 e. The molecule has 0 aliphatic heterocycles. The third-order valence-corrected chi connectivity index (χ3v) is 5.54. The quantitative estimate of drug-likeness (QED) is 0.261. The highest BCUT2D eigenvalue weighted by molar-refractivity contribution is 6.30. The molecule has 0 aliphatic rings. The molecule has 31 heavy (non-hydrogen) atoms. The maximum Gasteiger partial charge on any atom is 0.147 e. The maximum absolute atomic E-state index is 6.04. The van der Waals surface area contributed by atoms with E-state index in [0.717, 1.165) is 59.2 Å². The molecule has 0 amide bonds. The van der Waals surface area contributed by atoms with Gasteiger partial charge in [0, 0.05) is 11.6 Å². The van der Waals surface area contributed by atoms with Gasteiger partial charge in [-0.3, -0.25) is 0 Å². The molecular formula is C26H27ClN2O2. The van der Waals surface area contributed by atoms with Gasteiger partial charge in [0.25, 0.3) is 0 Å². The molecule has 160 valence electrons. The van der Waals surface area contributed by atoms with Crippen LogP contribution in [0.5, 0.6) is 11.5 Å². The van der Waals surface area contributed by atoms with E-state index in [1.807, 2.05) is 42.5 Å². The van der Waals surface area contributed by atoms with Crippen LogP contribution in [0.4, 0.5) is 0 Å². The number of imidazole rings is 1. The fraction of sp³-hybridized carbons (Fsp3) is 0.269. The van der Waals surface area contributed by atoms with Gasteiger partial charge in [-0.2, -0.15) is 0 Å². The van der Waals surface area contributed by atoms with E-state index in [-0.39, 0.29) is 0 Å². The van der Waals surface area contributed by atoms with Crippen LogP contribution in [0, 0.1) is 0 Å². The lowest BCUT2D eigenvalue weighted by Crippen LogP contribution is -2.09. The van der Waals surface area contributed by atoms with Gasteiger partial charge in [0.2, 0.25) is 0 Å². The molecule has 0 N–H and O–H groups in total. The smallest absolute Gasteiger partial charge is 0.147 e. The first-order chi connectivity index (χ1) is 15.2. The van der Waals surface area contributed by atoms with Crippen molar-refractivity contribution in [3.8, 4) is 11.5 Å². The van der Waals surface area contributed by atoms with Crippen molar-refractivity contribution in [3.05, 3.63) is 89.2 Å². The van der Waals surface area contributed by atoms with E-state index in [1.54, 1.807) is 0 Å². The fourth-order valence-corrected chi connectivity index (χ4v) is 3.67.